The van der Waals surface area contributed by atoms with Crippen LogP contribution in [0.4, 0.5) is 0 Å². The summed E-state index contributed by atoms with van der Waals surface area (Å²) in [5.41, 5.74) is 0.392. The molecular formula is C14H20N2O2. The van der Waals surface area contributed by atoms with Crippen LogP contribution in [-0.4, -0.2) is 30.5 Å². The van der Waals surface area contributed by atoms with E-state index < -0.39 is 0 Å². The van der Waals surface area contributed by atoms with Crippen molar-refractivity contribution in [3.05, 3.63) is 24.0 Å². The Morgan fingerprint density at radius 2 is 2.17 bits per heavy atom. The Kier molecular flexibility index (Phi) is 3.97. The van der Waals surface area contributed by atoms with Gasteiger partial charge in [0.15, 0.2) is 5.78 Å². The molecule has 1 fully saturated rings. The highest BCUT2D eigenvalue weighted by Gasteiger charge is 2.35. The summed E-state index contributed by atoms with van der Waals surface area (Å²) in [6.45, 7) is 6.36. The average molecular weight is 248 g/mol. The number of carbonyl (C=O) groups excluding carboxylic acids is 1. The predicted octanol–water partition coefficient (Wildman–Crippen LogP) is 2.05. The van der Waals surface area contributed by atoms with Gasteiger partial charge in [-0.15, -0.1) is 0 Å². The number of aromatic nitrogens is 1. The van der Waals surface area contributed by atoms with Gasteiger partial charge in [0, 0.05) is 17.2 Å². The molecule has 0 saturated carbocycles. The number of ether oxygens (including phenoxy) is 1. The summed E-state index contributed by atoms with van der Waals surface area (Å²) in [6, 6.07) is 1.80. The molecule has 0 atom stereocenters. The number of nitrogens with one attached hydrogen (secondary N) is 1. The Labute approximate surface area is 108 Å². The molecule has 0 bridgehead atoms. The zero-order valence-electron chi connectivity index (χ0n) is 11.0. The molecule has 1 aromatic rings. The quantitative estimate of drug-likeness (QED) is 0.829. The smallest absolute Gasteiger partial charge is 0.170 e. The number of ketones is 1. The average Bonchev–Trinajstić information content (AvgIpc) is 2.39. The third-order valence-corrected chi connectivity index (χ3v) is 3.54. The lowest BCUT2D eigenvalue weighted by molar-refractivity contribution is 0.0761. The fourth-order valence-electron chi connectivity index (χ4n) is 2.34. The van der Waals surface area contributed by atoms with Crippen LogP contribution in [0.25, 0.3) is 0 Å². The molecule has 0 aliphatic carbocycles. The van der Waals surface area contributed by atoms with E-state index in [1.54, 1.807) is 18.5 Å². The summed E-state index contributed by atoms with van der Waals surface area (Å²) in [5.74, 6) is 0.846. The van der Waals surface area contributed by atoms with Gasteiger partial charge in [-0.1, -0.05) is 6.92 Å². The first-order valence-corrected chi connectivity index (χ1v) is 6.49. The van der Waals surface area contributed by atoms with Crippen LogP contribution < -0.4 is 10.1 Å². The number of Topliss-reactive ketones (excluding diaryl/α,β-unsaturated/α-hetero) is 1. The third kappa shape index (κ3) is 2.70. The minimum absolute atomic E-state index is 0.179. The second kappa shape index (κ2) is 5.48. The fraction of sp³-hybridized carbons (Fsp3) is 0.571. The van der Waals surface area contributed by atoms with Crippen LogP contribution in [0.1, 0.15) is 37.0 Å². The van der Waals surface area contributed by atoms with Crippen molar-refractivity contribution >= 4 is 5.78 Å². The van der Waals surface area contributed by atoms with E-state index >= 15 is 0 Å². The van der Waals surface area contributed by atoms with Crippen molar-refractivity contribution in [2.75, 3.05) is 19.7 Å². The zero-order valence-corrected chi connectivity index (χ0v) is 11.0. The van der Waals surface area contributed by atoms with Crippen molar-refractivity contribution in [2.45, 2.75) is 26.7 Å². The molecule has 18 heavy (non-hydrogen) atoms. The third-order valence-electron chi connectivity index (χ3n) is 3.54. The van der Waals surface area contributed by atoms with E-state index in [0.29, 0.717) is 17.9 Å². The van der Waals surface area contributed by atoms with Gasteiger partial charge in [-0.2, -0.15) is 0 Å². The minimum Gasteiger partial charge on any atom is -0.492 e. The standard InChI is InChI=1S/C14H20N2O2/c1-3-18-12-8-11(9-16-10-12)13(17)14(2)4-6-15-7-5-14/h8-10,15H,3-7H2,1-2H3. The van der Waals surface area contributed by atoms with E-state index in [1.165, 1.54) is 0 Å². The Hall–Kier alpha value is -1.42. The van der Waals surface area contributed by atoms with Gasteiger partial charge in [0.2, 0.25) is 0 Å². The van der Waals surface area contributed by atoms with Gasteiger partial charge < -0.3 is 10.1 Å². The number of rotatable bonds is 4. The molecule has 4 nitrogen and oxygen atoms in total. The molecule has 2 rings (SSSR count). The van der Waals surface area contributed by atoms with E-state index in [-0.39, 0.29) is 11.2 Å². The lowest BCUT2D eigenvalue weighted by atomic mass is 9.75. The van der Waals surface area contributed by atoms with Gasteiger partial charge in [-0.05, 0) is 38.9 Å². The van der Waals surface area contributed by atoms with E-state index in [2.05, 4.69) is 10.3 Å². The SMILES string of the molecule is CCOc1cncc(C(=O)C2(C)CCNCC2)c1. The predicted molar refractivity (Wildman–Crippen MR) is 69.9 cm³/mol. The first kappa shape index (κ1) is 13.0. The molecule has 1 aromatic heterocycles. The topological polar surface area (TPSA) is 51.2 Å². The molecule has 4 heteroatoms. The number of hydrogen-bond acceptors (Lipinski definition) is 4. The van der Waals surface area contributed by atoms with Crippen LogP contribution in [0.15, 0.2) is 18.5 Å². The Bertz CT molecular complexity index is 426. The van der Waals surface area contributed by atoms with E-state index in [1.807, 2.05) is 13.8 Å². The molecular weight excluding hydrogens is 228 g/mol. The number of carbonyl (C=O) groups is 1. The molecule has 0 unspecified atom stereocenters. The summed E-state index contributed by atoms with van der Waals surface area (Å²) in [6.07, 6.45) is 5.04. The maximum Gasteiger partial charge on any atom is 0.170 e. The second-order valence-electron chi connectivity index (χ2n) is 4.98. The van der Waals surface area contributed by atoms with Crippen molar-refractivity contribution in [1.82, 2.24) is 10.3 Å². The molecule has 1 aliphatic heterocycles. The van der Waals surface area contributed by atoms with Gasteiger partial charge in [0.25, 0.3) is 0 Å². The number of hydrogen-bond donors (Lipinski definition) is 1. The highest BCUT2D eigenvalue weighted by Crippen LogP contribution is 2.32. The van der Waals surface area contributed by atoms with Crippen molar-refractivity contribution in [1.29, 1.82) is 0 Å². The molecule has 1 saturated heterocycles. The lowest BCUT2D eigenvalue weighted by Crippen LogP contribution is -2.40. The molecule has 2 heterocycles. The number of nitrogens with zero attached hydrogens (tertiary/aromatic N) is 1. The van der Waals surface area contributed by atoms with Crippen molar-refractivity contribution < 1.29 is 9.53 Å². The fourth-order valence-corrected chi connectivity index (χ4v) is 2.34. The monoisotopic (exact) mass is 248 g/mol. The van der Waals surface area contributed by atoms with Crippen LogP contribution in [0.3, 0.4) is 0 Å². The van der Waals surface area contributed by atoms with Crippen molar-refractivity contribution in [3.63, 3.8) is 0 Å². The highest BCUT2D eigenvalue weighted by molar-refractivity contribution is 6.00. The van der Waals surface area contributed by atoms with E-state index in [0.717, 1.165) is 25.9 Å². The highest BCUT2D eigenvalue weighted by atomic mass is 16.5. The molecule has 0 radical (unpaired) electrons. The molecule has 98 valence electrons. The van der Waals surface area contributed by atoms with Gasteiger partial charge in [0.05, 0.1) is 12.8 Å². The van der Waals surface area contributed by atoms with Crippen LogP contribution in [0.2, 0.25) is 0 Å². The van der Waals surface area contributed by atoms with Crippen molar-refractivity contribution in [3.8, 4) is 5.75 Å². The largest absolute Gasteiger partial charge is 0.492 e. The maximum absolute atomic E-state index is 12.6. The summed E-state index contributed by atoms with van der Waals surface area (Å²) >= 11 is 0. The number of piperidine rings is 1. The molecule has 0 spiro atoms. The minimum atomic E-state index is -0.266. The van der Waals surface area contributed by atoms with Gasteiger partial charge in [0.1, 0.15) is 5.75 Å². The Morgan fingerprint density at radius 1 is 1.44 bits per heavy atom. The molecule has 1 N–H and O–H groups in total. The van der Waals surface area contributed by atoms with Crippen LogP contribution in [0.5, 0.6) is 5.75 Å². The summed E-state index contributed by atoms with van der Waals surface area (Å²) < 4.78 is 5.39. The Morgan fingerprint density at radius 3 is 2.83 bits per heavy atom. The summed E-state index contributed by atoms with van der Waals surface area (Å²) in [5, 5.41) is 3.29. The normalized spacial score (nSPS) is 18.3. The first-order valence-electron chi connectivity index (χ1n) is 6.49. The number of pyridine rings is 1. The zero-order chi connectivity index (χ0) is 13.0. The Balaban J connectivity index is 2.19. The molecule has 0 aromatic carbocycles. The van der Waals surface area contributed by atoms with Gasteiger partial charge >= 0.3 is 0 Å². The van der Waals surface area contributed by atoms with Gasteiger partial charge in [-0.25, -0.2) is 0 Å². The second-order valence-corrected chi connectivity index (χ2v) is 4.98. The van der Waals surface area contributed by atoms with E-state index in [4.69, 9.17) is 4.74 Å². The van der Waals surface area contributed by atoms with Crippen LogP contribution in [-0.2, 0) is 0 Å². The van der Waals surface area contributed by atoms with Crippen LogP contribution >= 0.6 is 0 Å². The molecule has 1 aliphatic rings. The first-order chi connectivity index (χ1) is 8.65. The summed E-state index contributed by atoms with van der Waals surface area (Å²) in [7, 11) is 0. The van der Waals surface area contributed by atoms with Gasteiger partial charge in [-0.3, -0.25) is 9.78 Å². The maximum atomic E-state index is 12.6. The molecule has 0 amide bonds. The summed E-state index contributed by atoms with van der Waals surface area (Å²) in [4.78, 5) is 16.6. The van der Waals surface area contributed by atoms with Crippen molar-refractivity contribution in [2.24, 2.45) is 5.41 Å². The van der Waals surface area contributed by atoms with E-state index in [9.17, 15) is 4.79 Å². The lowest BCUT2D eigenvalue weighted by Gasteiger charge is -2.32. The van der Waals surface area contributed by atoms with Crippen LogP contribution in [0, 0.1) is 5.41 Å².